The van der Waals surface area contributed by atoms with E-state index in [4.69, 9.17) is 34.8 Å². The molecule has 1 amide bonds. The highest BCUT2D eigenvalue weighted by Gasteiger charge is 2.16. The molecule has 0 aliphatic carbocycles. The Morgan fingerprint density at radius 2 is 1.68 bits per heavy atom. The predicted molar refractivity (Wildman–Crippen MR) is 127 cm³/mol. The fraction of sp³-hybridized carbons (Fsp3) is 0.174. The smallest absolute Gasteiger partial charge is 0.257 e. The molecule has 0 unspecified atom stereocenters. The Morgan fingerprint density at radius 1 is 0.968 bits per heavy atom. The molecule has 1 heterocycles. The number of aromatic nitrogens is 3. The van der Waals surface area contributed by atoms with E-state index >= 15 is 0 Å². The number of fused-ring (bicyclic) bond motifs is 1. The van der Waals surface area contributed by atoms with Gasteiger partial charge < -0.3 is 5.32 Å². The topological polar surface area (TPSA) is 59.8 Å². The second-order valence-corrected chi connectivity index (χ2v) is 8.33. The molecule has 1 N–H and O–H groups in total. The molecule has 0 aliphatic rings. The minimum Gasteiger partial charge on any atom is -0.321 e. The zero-order valence-corrected chi connectivity index (χ0v) is 19.0. The molecule has 8 heteroatoms. The van der Waals surface area contributed by atoms with Crippen molar-refractivity contribution in [1.29, 1.82) is 0 Å². The van der Waals surface area contributed by atoms with Crippen LogP contribution in [0.15, 0.2) is 54.6 Å². The third-order valence-electron chi connectivity index (χ3n) is 4.90. The fourth-order valence-electron chi connectivity index (χ4n) is 3.19. The van der Waals surface area contributed by atoms with E-state index < -0.39 is 5.91 Å². The third kappa shape index (κ3) is 4.69. The number of unbranched alkanes of at least 4 members (excludes halogenated alkanes) is 1. The minimum atomic E-state index is -0.413. The van der Waals surface area contributed by atoms with Crippen LogP contribution in [-0.2, 0) is 6.42 Å². The van der Waals surface area contributed by atoms with Gasteiger partial charge in [-0.05, 0) is 54.8 Å². The molecule has 0 radical (unpaired) electrons. The summed E-state index contributed by atoms with van der Waals surface area (Å²) in [5.74, 6) is -0.413. The SMILES string of the molecule is CCCCc1ccc(-n2nc3cc(Cl)c(NC(=O)c4cccc(Cl)c4Cl)cc3n2)cc1. The van der Waals surface area contributed by atoms with Gasteiger partial charge in [0.05, 0.1) is 32.0 Å². The lowest BCUT2D eigenvalue weighted by Gasteiger charge is -2.09. The van der Waals surface area contributed by atoms with E-state index in [1.165, 1.54) is 5.56 Å². The van der Waals surface area contributed by atoms with E-state index in [0.29, 0.717) is 26.8 Å². The lowest BCUT2D eigenvalue weighted by molar-refractivity contribution is 0.102. The van der Waals surface area contributed by atoms with Gasteiger partial charge in [-0.25, -0.2) is 0 Å². The van der Waals surface area contributed by atoms with Crippen LogP contribution < -0.4 is 5.32 Å². The Balaban J connectivity index is 1.60. The predicted octanol–water partition coefficient (Wildman–Crippen LogP) is 6.98. The van der Waals surface area contributed by atoms with Gasteiger partial charge >= 0.3 is 0 Å². The van der Waals surface area contributed by atoms with E-state index in [2.05, 4.69) is 34.6 Å². The second-order valence-electron chi connectivity index (χ2n) is 7.14. The molecular weight excluding hydrogens is 455 g/mol. The first-order valence-electron chi connectivity index (χ1n) is 9.87. The van der Waals surface area contributed by atoms with Gasteiger partial charge in [0.1, 0.15) is 11.0 Å². The Morgan fingerprint density at radius 3 is 2.39 bits per heavy atom. The van der Waals surface area contributed by atoms with Gasteiger partial charge in [0.15, 0.2) is 0 Å². The van der Waals surface area contributed by atoms with Crippen LogP contribution in [0.3, 0.4) is 0 Å². The van der Waals surface area contributed by atoms with E-state index in [1.807, 2.05) is 12.1 Å². The average molecular weight is 474 g/mol. The van der Waals surface area contributed by atoms with Gasteiger partial charge in [-0.1, -0.05) is 66.3 Å². The van der Waals surface area contributed by atoms with Crippen molar-refractivity contribution in [3.8, 4) is 5.69 Å². The number of rotatable bonds is 6. The number of aryl methyl sites for hydroxylation is 1. The van der Waals surface area contributed by atoms with Gasteiger partial charge in [-0.2, -0.15) is 4.80 Å². The molecule has 31 heavy (non-hydrogen) atoms. The highest BCUT2D eigenvalue weighted by molar-refractivity contribution is 6.44. The second kappa shape index (κ2) is 9.27. The summed E-state index contributed by atoms with van der Waals surface area (Å²) in [6.45, 7) is 2.18. The van der Waals surface area contributed by atoms with Crippen molar-refractivity contribution in [2.75, 3.05) is 5.32 Å². The van der Waals surface area contributed by atoms with E-state index in [0.717, 1.165) is 24.9 Å². The molecule has 0 fully saturated rings. The van der Waals surface area contributed by atoms with Crippen LogP contribution in [-0.4, -0.2) is 20.9 Å². The van der Waals surface area contributed by atoms with E-state index in [-0.39, 0.29) is 10.6 Å². The third-order valence-corrected chi connectivity index (χ3v) is 6.03. The zero-order valence-electron chi connectivity index (χ0n) is 16.7. The number of anilines is 1. The Kier molecular flexibility index (Phi) is 6.46. The number of hydrogen-bond acceptors (Lipinski definition) is 3. The molecule has 0 bridgehead atoms. The van der Waals surface area contributed by atoms with Crippen LogP contribution in [0.25, 0.3) is 16.7 Å². The first kappa shape index (κ1) is 21.6. The van der Waals surface area contributed by atoms with Gasteiger partial charge in [-0.15, -0.1) is 10.2 Å². The summed E-state index contributed by atoms with van der Waals surface area (Å²) in [5.41, 5.74) is 4.04. The molecule has 158 valence electrons. The molecule has 5 nitrogen and oxygen atoms in total. The van der Waals surface area contributed by atoms with Crippen LogP contribution in [0.5, 0.6) is 0 Å². The van der Waals surface area contributed by atoms with Gasteiger partial charge in [-0.3, -0.25) is 4.79 Å². The largest absolute Gasteiger partial charge is 0.321 e. The summed E-state index contributed by atoms with van der Waals surface area (Å²) >= 11 is 18.5. The molecule has 4 rings (SSSR count). The summed E-state index contributed by atoms with van der Waals surface area (Å²) < 4.78 is 0. The lowest BCUT2D eigenvalue weighted by Crippen LogP contribution is -2.13. The van der Waals surface area contributed by atoms with Gasteiger partial charge in [0, 0.05) is 0 Å². The van der Waals surface area contributed by atoms with Crippen molar-refractivity contribution in [2.24, 2.45) is 0 Å². The molecule has 1 aromatic heterocycles. The van der Waals surface area contributed by atoms with Crippen LogP contribution in [0, 0.1) is 0 Å². The van der Waals surface area contributed by atoms with E-state index in [1.54, 1.807) is 35.1 Å². The number of halogens is 3. The Hall–Kier alpha value is -2.60. The molecule has 0 saturated heterocycles. The zero-order chi connectivity index (χ0) is 22.0. The van der Waals surface area contributed by atoms with Crippen LogP contribution in [0.2, 0.25) is 15.1 Å². The normalized spacial score (nSPS) is 11.1. The van der Waals surface area contributed by atoms with Crippen molar-refractivity contribution in [1.82, 2.24) is 15.0 Å². The average Bonchev–Trinajstić information content (AvgIpc) is 3.17. The summed E-state index contributed by atoms with van der Waals surface area (Å²) in [6, 6.07) is 16.4. The minimum absolute atomic E-state index is 0.187. The van der Waals surface area contributed by atoms with Crippen molar-refractivity contribution in [3.63, 3.8) is 0 Å². The summed E-state index contributed by atoms with van der Waals surface area (Å²) in [6.07, 6.45) is 3.38. The summed E-state index contributed by atoms with van der Waals surface area (Å²) in [7, 11) is 0. The van der Waals surface area contributed by atoms with Crippen molar-refractivity contribution in [2.45, 2.75) is 26.2 Å². The highest BCUT2D eigenvalue weighted by atomic mass is 35.5. The number of amides is 1. The number of benzene rings is 3. The monoisotopic (exact) mass is 472 g/mol. The van der Waals surface area contributed by atoms with Gasteiger partial charge in [0.2, 0.25) is 0 Å². The van der Waals surface area contributed by atoms with Crippen molar-refractivity contribution >= 4 is 57.4 Å². The van der Waals surface area contributed by atoms with Crippen molar-refractivity contribution < 1.29 is 4.79 Å². The molecule has 0 spiro atoms. The fourth-order valence-corrected chi connectivity index (χ4v) is 3.79. The maximum absolute atomic E-state index is 12.7. The molecule has 0 aliphatic heterocycles. The molecular formula is C23H19Cl3N4O. The molecule has 0 saturated carbocycles. The van der Waals surface area contributed by atoms with Crippen LogP contribution in [0.1, 0.15) is 35.7 Å². The number of carbonyl (C=O) groups excluding carboxylic acids is 1. The summed E-state index contributed by atoms with van der Waals surface area (Å²) in [4.78, 5) is 14.2. The van der Waals surface area contributed by atoms with Crippen LogP contribution in [0.4, 0.5) is 5.69 Å². The standard InChI is InChI=1S/C23H19Cl3N4O/c1-2-3-5-14-8-10-15(11-9-14)30-28-20-12-18(25)19(13-21(20)29-30)27-23(31)16-6-4-7-17(24)22(16)26/h4,6-13H,2-3,5H2,1H3,(H,27,31). The summed E-state index contributed by atoms with van der Waals surface area (Å²) in [5, 5.41) is 12.7. The van der Waals surface area contributed by atoms with Gasteiger partial charge in [0.25, 0.3) is 5.91 Å². The highest BCUT2D eigenvalue weighted by Crippen LogP contribution is 2.30. The Bertz CT molecular complexity index is 1250. The molecule has 3 aromatic carbocycles. The first-order chi connectivity index (χ1) is 15.0. The number of hydrogen-bond donors (Lipinski definition) is 1. The molecule has 4 aromatic rings. The number of nitrogens with zero attached hydrogens (tertiary/aromatic N) is 3. The maximum Gasteiger partial charge on any atom is 0.257 e. The number of nitrogens with one attached hydrogen (secondary N) is 1. The maximum atomic E-state index is 12.7. The Labute approximate surface area is 194 Å². The van der Waals surface area contributed by atoms with Crippen LogP contribution >= 0.6 is 34.8 Å². The van der Waals surface area contributed by atoms with E-state index in [9.17, 15) is 4.79 Å². The molecule has 0 atom stereocenters. The first-order valence-corrected chi connectivity index (χ1v) is 11.0. The van der Waals surface area contributed by atoms with Crippen molar-refractivity contribution in [3.05, 3.63) is 80.8 Å². The quantitative estimate of drug-likeness (QED) is 0.329. The lowest BCUT2D eigenvalue weighted by atomic mass is 10.1. The number of carbonyl (C=O) groups is 1.